The molecule has 7 heteroatoms. The van der Waals surface area contributed by atoms with Crippen LogP contribution in [0, 0.1) is 11.8 Å². The van der Waals surface area contributed by atoms with Gasteiger partial charge in [0.2, 0.25) is 0 Å². The number of rotatable bonds is 6. The summed E-state index contributed by atoms with van der Waals surface area (Å²) in [6.45, 7) is 5.35. The van der Waals surface area contributed by atoms with Crippen LogP contribution >= 0.6 is 24.0 Å². The molecule has 3 atom stereocenters. The molecule has 3 rings (SSSR count). The molecular weight excluding hydrogens is 469 g/mol. The fourth-order valence-electron chi connectivity index (χ4n) is 4.38. The number of nitrogens with one attached hydrogen (secondary N) is 1. The molecule has 2 aliphatic rings. The normalized spacial score (nSPS) is 22.9. The Morgan fingerprint density at radius 1 is 1.21 bits per heavy atom. The van der Waals surface area contributed by atoms with Crippen LogP contribution in [0.25, 0.3) is 0 Å². The molecule has 3 unspecified atom stereocenters. The van der Waals surface area contributed by atoms with Gasteiger partial charge in [-0.25, -0.2) is 0 Å². The molecule has 0 amide bonds. The maximum atomic E-state index is 10.7. The second kappa shape index (κ2) is 11.1. The number of methoxy groups -OCH3 is 2. The smallest absolute Gasteiger partial charge is 0.194 e. The van der Waals surface area contributed by atoms with Gasteiger partial charge in [-0.15, -0.1) is 24.0 Å². The van der Waals surface area contributed by atoms with Gasteiger partial charge in [-0.2, -0.15) is 0 Å². The Morgan fingerprint density at radius 2 is 1.89 bits per heavy atom. The van der Waals surface area contributed by atoms with Crippen LogP contribution in [0.15, 0.2) is 23.2 Å². The van der Waals surface area contributed by atoms with E-state index < -0.39 is 6.10 Å². The van der Waals surface area contributed by atoms with Crippen LogP contribution in [0.5, 0.6) is 11.5 Å². The lowest BCUT2D eigenvalue weighted by atomic mass is 9.82. The number of nitrogens with zero attached hydrogens (tertiary/aromatic N) is 2. The molecule has 1 aliphatic carbocycles. The van der Waals surface area contributed by atoms with Crippen molar-refractivity contribution in [2.24, 2.45) is 16.8 Å². The van der Waals surface area contributed by atoms with Crippen LogP contribution in [0.1, 0.15) is 44.3 Å². The van der Waals surface area contributed by atoms with Gasteiger partial charge in [0.25, 0.3) is 0 Å². The van der Waals surface area contributed by atoms with Crippen LogP contribution in [0.4, 0.5) is 0 Å². The summed E-state index contributed by atoms with van der Waals surface area (Å²) in [5.74, 6) is 3.85. The number of aliphatic hydroxyl groups is 1. The average molecular weight is 503 g/mol. The quantitative estimate of drug-likeness (QED) is 0.354. The molecule has 1 saturated carbocycles. The maximum absolute atomic E-state index is 10.7. The number of likely N-dealkylation sites (tertiary alicyclic amines) is 1. The van der Waals surface area contributed by atoms with Gasteiger partial charge >= 0.3 is 0 Å². The number of aliphatic imine (C=N–C) groups is 1. The molecule has 2 N–H and O–H groups in total. The Hall–Kier alpha value is -1.22. The van der Waals surface area contributed by atoms with Crippen LogP contribution < -0.4 is 14.8 Å². The van der Waals surface area contributed by atoms with Gasteiger partial charge in [0.15, 0.2) is 5.96 Å². The molecule has 2 fully saturated rings. The SMILES string of the molecule is CCNC(=NCC(O)c1cc(OC)ccc1OC)N1CC2CCCCC2C1.I. The Bertz CT molecular complexity index is 642. The topological polar surface area (TPSA) is 66.3 Å². The fraction of sp³-hybridized carbons (Fsp3) is 0.667. The van der Waals surface area contributed by atoms with Crippen molar-refractivity contribution in [3.63, 3.8) is 0 Å². The minimum absolute atomic E-state index is 0. The number of halogens is 1. The molecule has 1 aromatic carbocycles. The highest BCUT2D eigenvalue weighted by Gasteiger charge is 2.35. The van der Waals surface area contributed by atoms with Crippen LogP contribution in [-0.2, 0) is 0 Å². The first-order valence-electron chi connectivity index (χ1n) is 10.1. The van der Waals surface area contributed by atoms with Gasteiger partial charge in [0, 0.05) is 25.2 Å². The summed E-state index contributed by atoms with van der Waals surface area (Å²) >= 11 is 0. The lowest BCUT2D eigenvalue weighted by Crippen LogP contribution is -2.40. The molecule has 1 aromatic rings. The molecule has 1 heterocycles. The third-order valence-electron chi connectivity index (χ3n) is 5.82. The van der Waals surface area contributed by atoms with Crippen molar-refractivity contribution in [1.82, 2.24) is 10.2 Å². The van der Waals surface area contributed by atoms with E-state index in [2.05, 4.69) is 17.1 Å². The molecule has 0 spiro atoms. The van der Waals surface area contributed by atoms with E-state index in [1.54, 1.807) is 14.2 Å². The molecular formula is C21H34IN3O3. The van der Waals surface area contributed by atoms with E-state index in [0.717, 1.165) is 37.4 Å². The Kier molecular flexibility index (Phi) is 9.14. The van der Waals surface area contributed by atoms with Crippen molar-refractivity contribution < 1.29 is 14.6 Å². The summed E-state index contributed by atoms with van der Waals surface area (Å²) in [6, 6.07) is 5.46. The molecule has 6 nitrogen and oxygen atoms in total. The molecule has 28 heavy (non-hydrogen) atoms. The third kappa shape index (κ3) is 5.43. The Morgan fingerprint density at radius 3 is 2.46 bits per heavy atom. The van der Waals surface area contributed by atoms with Crippen molar-refractivity contribution in [3.05, 3.63) is 23.8 Å². The lowest BCUT2D eigenvalue weighted by molar-refractivity contribution is 0.181. The number of aliphatic hydroxyl groups excluding tert-OH is 1. The van der Waals surface area contributed by atoms with E-state index in [1.165, 1.54) is 25.7 Å². The minimum Gasteiger partial charge on any atom is -0.497 e. The monoisotopic (exact) mass is 503 g/mol. The zero-order chi connectivity index (χ0) is 19.2. The first kappa shape index (κ1) is 23.1. The largest absolute Gasteiger partial charge is 0.497 e. The standard InChI is InChI=1S/C21H33N3O3.HI/c1-4-22-21(24-13-15-7-5-6-8-16(15)14-24)23-12-19(25)18-11-17(26-2)9-10-20(18)27-3;/h9-11,15-16,19,25H,4-8,12-14H2,1-3H3,(H,22,23);1H. The summed E-state index contributed by atoms with van der Waals surface area (Å²) < 4.78 is 10.7. The summed E-state index contributed by atoms with van der Waals surface area (Å²) in [5.41, 5.74) is 0.700. The van der Waals surface area contributed by atoms with Crippen molar-refractivity contribution in [1.29, 1.82) is 0 Å². The van der Waals surface area contributed by atoms with Gasteiger partial charge in [0.1, 0.15) is 17.6 Å². The van der Waals surface area contributed by atoms with Crippen LogP contribution in [-0.4, -0.2) is 56.4 Å². The van der Waals surface area contributed by atoms with E-state index >= 15 is 0 Å². The predicted molar refractivity (Wildman–Crippen MR) is 123 cm³/mol. The second-order valence-corrected chi connectivity index (χ2v) is 7.53. The summed E-state index contributed by atoms with van der Waals surface area (Å²) in [7, 11) is 3.23. The second-order valence-electron chi connectivity index (χ2n) is 7.53. The number of benzene rings is 1. The highest BCUT2D eigenvalue weighted by Crippen LogP contribution is 2.36. The van der Waals surface area contributed by atoms with Gasteiger partial charge in [-0.3, -0.25) is 4.99 Å². The van der Waals surface area contributed by atoms with Crippen molar-refractivity contribution in [2.75, 3.05) is 40.4 Å². The van der Waals surface area contributed by atoms with Crippen molar-refractivity contribution >= 4 is 29.9 Å². The van der Waals surface area contributed by atoms with E-state index in [0.29, 0.717) is 17.1 Å². The fourth-order valence-corrected chi connectivity index (χ4v) is 4.38. The molecule has 1 aliphatic heterocycles. The van der Waals surface area contributed by atoms with Crippen LogP contribution in [0.3, 0.4) is 0 Å². The first-order valence-corrected chi connectivity index (χ1v) is 10.1. The Labute approximate surface area is 185 Å². The zero-order valence-electron chi connectivity index (χ0n) is 17.2. The lowest BCUT2D eigenvalue weighted by Gasteiger charge is -2.22. The third-order valence-corrected chi connectivity index (χ3v) is 5.82. The van der Waals surface area contributed by atoms with Gasteiger partial charge in [-0.05, 0) is 49.8 Å². The van der Waals surface area contributed by atoms with Gasteiger partial charge in [-0.1, -0.05) is 12.8 Å². The van der Waals surface area contributed by atoms with E-state index in [-0.39, 0.29) is 30.5 Å². The number of hydrogen-bond acceptors (Lipinski definition) is 4. The predicted octanol–water partition coefficient (Wildman–Crippen LogP) is 3.44. The zero-order valence-corrected chi connectivity index (χ0v) is 19.5. The number of fused-ring (bicyclic) bond motifs is 1. The van der Waals surface area contributed by atoms with Gasteiger partial charge < -0.3 is 24.8 Å². The first-order chi connectivity index (χ1) is 13.2. The molecule has 0 bridgehead atoms. The van der Waals surface area contributed by atoms with Gasteiger partial charge in [0.05, 0.1) is 20.8 Å². The molecule has 0 aromatic heterocycles. The molecule has 158 valence electrons. The minimum atomic E-state index is -0.742. The van der Waals surface area contributed by atoms with Crippen LogP contribution in [0.2, 0.25) is 0 Å². The van der Waals surface area contributed by atoms with Crippen molar-refractivity contribution in [2.45, 2.75) is 38.7 Å². The molecule has 1 saturated heterocycles. The number of guanidine groups is 1. The summed E-state index contributed by atoms with van der Waals surface area (Å²) in [5, 5.41) is 14.1. The highest BCUT2D eigenvalue weighted by atomic mass is 127. The number of hydrogen-bond donors (Lipinski definition) is 2. The van der Waals surface area contributed by atoms with E-state index in [4.69, 9.17) is 14.5 Å². The van der Waals surface area contributed by atoms with Crippen molar-refractivity contribution in [3.8, 4) is 11.5 Å². The highest BCUT2D eigenvalue weighted by molar-refractivity contribution is 14.0. The maximum Gasteiger partial charge on any atom is 0.194 e. The number of ether oxygens (including phenoxy) is 2. The average Bonchev–Trinajstić information content (AvgIpc) is 3.14. The summed E-state index contributed by atoms with van der Waals surface area (Å²) in [6.07, 6.45) is 4.65. The summed E-state index contributed by atoms with van der Waals surface area (Å²) in [4.78, 5) is 7.12. The van der Waals surface area contributed by atoms with E-state index in [1.807, 2.05) is 18.2 Å². The molecule has 0 radical (unpaired) electrons. The Balaban J connectivity index is 0.00000280. The van der Waals surface area contributed by atoms with E-state index in [9.17, 15) is 5.11 Å².